The highest BCUT2D eigenvalue weighted by atomic mass is 16.5. The quantitative estimate of drug-likeness (QED) is 0.595. The van der Waals surface area contributed by atoms with Gasteiger partial charge in [0.05, 0.1) is 13.2 Å². The number of hydrogen-bond acceptors (Lipinski definition) is 3. The number of nitrogens with zero attached hydrogens (tertiary/aromatic N) is 1. The summed E-state index contributed by atoms with van der Waals surface area (Å²) in [6.45, 7) is 0. The minimum atomic E-state index is -0.332. The average molecular weight is 159 g/mol. The van der Waals surface area contributed by atoms with Crippen LogP contribution in [0.5, 0.6) is 0 Å². The van der Waals surface area contributed by atoms with Crippen LogP contribution in [0.4, 0.5) is 4.79 Å². The number of aliphatic hydroxyl groups excluding tert-OH is 1. The van der Waals surface area contributed by atoms with Crippen molar-refractivity contribution >= 4 is 6.09 Å². The lowest BCUT2D eigenvalue weighted by atomic mass is 9.89. The van der Waals surface area contributed by atoms with Crippen molar-refractivity contribution in [1.29, 1.82) is 0 Å². The number of amides is 1. The molecule has 0 saturated heterocycles. The van der Waals surface area contributed by atoms with Gasteiger partial charge in [-0.05, 0) is 12.8 Å². The highest BCUT2D eigenvalue weighted by molar-refractivity contribution is 5.67. The summed E-state index contributed by atoms with van der Waals surface area (Å²) in [7, 11) is 3.04. The van der Waals surface area contributed by atoms with Gasteiger partial charge in [0.25, 0.3) is 0 Å². The summed E-state index contributed by atoms with van der Waals surface area (Å²) in [5.41, 5.74) is 0. The van der Waals surface area contributed by atoms with E-state index in [1.54, 1.807) is 7.05 Å². The molecule has 1 rings (SSSR count). The lowest BCUT2D eigenvalue weighted by Crippen LogP contribution is -2.47. The molecular formula is C7H13NO3. The molecule has 0 aromatic carbocycles. The van der Waals surface area contributed by atoms with Gasteiger partial charge in [0.1, 0.15) is 0 Å². The number of rotatable bonds is 1. The molecule has 0 aromatic heterocycles. The largest absolute Gasteiger partial charge is 0.453 e. The Balaban J connectivity index is 2.31. The van der Waals surface area contributed by atoms with Gasteiger partial charge in [0.15, 0.2) is 0 Å². The second-order valence-corrected chi connectivity index (χ2v) is 2.86. The van der Waals surface area contributed by atoms with Crippen molar-refractivity contribution in [3.8, 4) is 0 Å². The van der Waals surface area contributed by atoms with Gasteiger partial charge in [-0.15, -0.1) is 0 Å². The molecule has 1 saturated carbocycles. The zero-order valence-corrected chi connectivity index (χ0v) is 6.78. The molecule has 64 valence electrons. The molecule has 1 amide bonds. The van der Waals surface area contributed by atoms with Gasteiger partial charge in [-0.2, -0.15) is 0 Å². The maximum Gasteiger partial charge on any atom is 0.409 e. The van der Waals surface area contributed by atoms with Crippen molar-refractivity contribution in [2.45, 2.75) is 25.0 Å². The third kappa shape index (κ3) is 1.63. The zero-order chi connectivity index (χ0) is 8.43. The summed E-state index contributed by atoms with van der Waals surface area (Å²) in [6, 6.07) is 0.164. The number of aliphatic hydroxyl groups is 1. The van der Waals surface area contributed by atoms with Gasteiger partial charge < -0.3 is 14.7 Å². The fraction of sp³-hybridized carbons (Fsp3) is 0.857. The number of methoxy groups -OCH3 is 1. The van der Waals surface area contributed by atoms with Crippen molar-refractivity contribution in [2.24, 2.45) is 0 Å². The molecule has 4 nitrogen and oxygen atoms in total. The van der Waals surface area contributed by atoms with Crippen molar-refractivity contribution in [2.75, 3.05) is 14.2 Å². The van der Waals surface area contributed by atoms with Crippen LogP contribution in [0.3, 0.4) is 0 Å². The van der Waals surface area contributed by atoms with Crippen LogP contribution in [0.1, 0.15) is 12.8 Å². The van der Waals surface area contributed by atoms with E-state index in [0.717, 1.165) is 0 Å². The molecule has 0 atom stereocenters. The van der Waals surface area contributed by atoms with E-state index in [1.807, 2.05) is 0 Å². The van der Waals surface area contributed by atoms with Gasteiger partial charge in [0.2, 0.25) is 0 Å². The number of hydrogen-bond donors (Lipinski definition) is 1. The molecule has 0 aliphatic heterocycles. The van der Waals surface area contributed by atoms with E-state index in [2.05, 4.69) is 4.74 Å². The fourth-order valence-corrected chi connectivity index (χ4v) is 1.17. The lowest BCUT2D eigenvalue weighted by Gasteiger charge is -2.37. The third-order valence-corrected chi connectivity index (χ3v) is 2.10. The minimum Gasteiger partial charge on any atom is -0.453 e. The van der Waals surface area contributed by atoms with E-state index < -0.39 is 0 Å². The predicted molar refractivity (Wildman–Crippen MR) is 39.2 cm³/mol. The van der Waals surface area contributed by atoms with Crippen molar-refractivity contribution in [1.82, 2.24) is 4.90 Å². The standard InChI is InChI=1S/C7H13NO3/c1-8(7(10)11-2)5-3-6(9)4-5/h5-6,9H,3-4H2,1-2H3. The predicted octanol–water partition coefficient (Wildman–Crippen LogP) is 0.208. The highest BCUT2D eigenvalue weighted by Crippen LogP contribution is 2.24. The first kappa shape index (κ1) is 8.33. The van der Waals surface area contributed by atoms with Gasteiger partial charge in [-0.3, -0.25) is 0 Å². The summed E-state index contributed by atoms with van der Waals surface area (Å²) in [5.74, 6) is 0. The van der Waals surface area contributed by atoms with E-state index in [-0.39, 0.29) is 18.2 Å². The Morgan fingerprint density at radius 3 is 2.55 bits per heavy atom. The fourth-order valence-electron chi connectivity index (χ4n) is 1.17. The van der Waals surface area contributed by atoms with Gasteiger partial charge in [-0.1, -0.05) is 0 Å². The maximum absolute atomic E-state index is 10.9. The van der Waals surface area contributed by atoms with Gasteiger partial charge >= 0.3 is 6.09 Å². The molecule has 0 bridgehead atoms. The molecule has 1 N–H and O–H groups in total. The molecule has 1 aliphatic rings. The smallest absolute Gasteiger partial charge is 0.409 e. The first-order chi connectivity index (χ1) is 5.15. The van der Waals surface area contributed by atoms with Crippen molar-refractivity contribution < 1.29 is 14.6 Å². The summed E-state index contributed by atoms with van der Waals surface area (Å²) in [6.07, 6.45) is 0.783. The van der Waals surface area contributed by atoms with Crippen molar-refractivity contribution in [3.63, 3.8) is 0 Å². The minimum absolute atomic E-state index is 0.164. The summed E-state index contributed by atoms with van der Waals surface area (Å²) in [5, 5.41) is 8.94. The van der Waals surface area contributed by atoms with E-state index in [0.29, 0.717) is 12.8 Å². The van der Waals surface area contributed by atoms with Crippen LogP contribution < -0.4 is 0 Å². The Hall–Kier alpha value is -0.770. The van der Waals surface area contributed by atoms with Crippen molar-refractivity contribution in [3.05, 3.63) is 0 Å². The summed E-state index contributed by atoms with van der Waals surface area (Å²) >= 11 is 0. The second kappa shape index (κ2) is 3.09. The molecule has 4 heteroatoms. The second-order valence-electron chi connectivity index (χ2n) is 2.86. The molecule has 0 unspecified atom stereocenters. The monoisotopic (exact) mass is 159 g/mol. The Labute approximate surface area is 65.8 Å². The normalized spacial score (nSPS) is 29.0. The third-order valence-electron chi connectivity index (χ3n) is 2.10. The average Bonchev–Trinajstić information content (AvgIpc) is 1.96. The van der Waals surface area contributed by atoms with E-state index in [1.165, 1.54) is 12.0 Å². The first-order valence-electron chi connectivity index (χ1n) is 3.64. The van der Waals surface area contributed by atoms with Crippen LogP contribution in [0.25, 0.3) is 0 Å². The molecule has 0 radical (unpaired) electrons. The highest BCUT2D eigenvalue weighted by Gasteiger charge is 2.33. The SMILES string of the molecule is COC(=O)N(C)C1CC(O)C1. The Kier molecular flexibility index (Phi) is 2.34. The van der Waals surface area contributed by atoms with E-state index in [4.69, 9.17) is 5.11 Å². The number of carbonyl (C=O) groups excluding carboxylic acids is 1. The topological polar surface area (TPSA) is 49.8 Å². The molecule has 0 spiro atoms. The number of carbonyl (C=O) groups is 1. The van der Waals surface area contributed by atoms with Gasteiger partial charge in [0, 0.05) is 13.1 Å². The zero-order valence-electron chi connectivity index (χ0n) is 6.78. The molecule has 0 aromatic rings. The first-order valence-corrected chi connectivity index (χ1v) is 3.64. The van der Waals surface area contributed by atoms with Gasteiger partial charge in [-0.25, -0.2) is 4.79 Å². The van der Waals surface area contributed by atoms with Crippen LogP contribution in [0, 0.1) is 0 Å². The van der Waals surface area contributed by atoms with Crippen LogP contribution in [0.15, 0.2) is 0 Å². The molecule has 1 aliphatic carbocycles. The maximum atomic E-state index is 10.9. The molecular weight excluding hydrogens is 146 g/mol. The van der Waals surface area contributed by atoms with Crippen LogP contribution >= 0.6 is 0 Å². The van der Waals surface area contributed by atoms with Crippen LogP contribution in [0.2, 0.25) is 0 Å². The summed E-state index contributed by atoms with van der Waals surface area (Å²) < 4.78 is 4.51. The Bertz CT molecular complexity index is 154. The Morgan fingerprint density at radius 2 is 2.18 bits per heavy atom. The molecule has 11 heavy (non-hydrogen) atoms. The molecule has 1 fully saturated rings. The lowest BCUT2D eigenvalue weighted by molar-refractivity contribution is 0.0127. The summed E-state index contributed by atoms with van der Waals surface area (Å²) in [4.78, 5) is 12.4. The molecule has 0 heterocycles. The van der Waals surface area contributed by atoms with Crippen LogP contribution in [-0.4, -0.2) is 42.4 Å². The number of ether oxygens (including phenoxy) is 1. The van der Waals surface area contributed by atoms with E-state index >= 15 is 0 Å². The van der Waals surface area contributed by atoms with E-state index in [9.17, 15) is 4.79 Å². The Morgan fingerprint density at radius 1 is 1.64 bits per heavy atom. The van der Waals surface area contributed by atoms with Crippen LogP contribution in [-0.2, 0) is 4.74 Å².